The number of para-hydroxylation sites is 1. The fourth-order valence-corrected chi connectivity index (χ4v) is 2.48. The Labute approximate surface area is 111 Å². The molecule has 0 amide bonds. The number of fused-ring (bicyclic) bond motifs is 1. The number of carbonyl (C=O) groups excluding carboxylic acids is 1. The van der Waals surface area contributed by atoms with E-state index in [1.165, 1.54) is 0 Å². The van der Waals surface area contributed by atoms with Gasteiger partial charge in [0.25, 0.3) is 0 Å². The van der Waals surface area contributed by atoms with Gasteiger partial charge in [0.2, 0.25) is 0 Å². The highest BCUT2D eigenvalue weighted by Crippen LogP contribution is 2.42. The second-order valence-corrected chi connectivity index (χ2v) is 4.64. The molecule has 0 unspecified atom stereocenters. The predicted molar refractivity (Wildman–Crippen MR) is 71.7 cm³/mol. The van der Waals surface area contributed by atoms with Crippen LogP contribution in [0.4, 0.5) is 0 Å². The van der Waals surface area contributed by atoms with Gasteiger partial charge in [-0.15, -0.1) is 0 Å². The van der Waals surface area contributed by atoms with Crippen LogP contribution >= 0.6 is 0 Å². The van der Waals surface area contributed by atoms with Crippen LogP contribution in [0.25, 0.3) is 0 Å². The molecule has 0 aromatic heterocycles. The van der Waals surface area contributed by atoms with E-state index in [9.17, 15) is 4.79 Å². The van der Waals surface area contributed by atoms with E-state index in [1.807, 2.05) is 49.4 Å². The van der Waals surface area contributed by atoms with Crippen molar-refractivity contribution in [3.63, 3.8) is 0 Å². The van der Waals surface area contributed by atoms with Gasteiger partial charge >= 0.3 is 5.97 Å². The molecule has 1 aliphatic heterocycles. The van der Waals surface area contributed by atoms with Crippen molar-refractivity contribution in [1.82, 2.24) is 0 Å². The van der Waals surface area contributed by atoms with Crippen molar-refractivity contribution < 1.29 is 14.3 Å². The highest BCUT2D eigenvalue weighted by atomic mass is 16.5. The van der Waals surface area contributed by atoms with Gasteiger partial charge in [0, 0.05) is 11.1 Å². The van der Waals surface area contributed by atoms with Crippen LogP contribution in [0.15, 0.2) is 42.5 Å². The summed E-state index contributed by atoms with van der Waals surface area (Å²) in [5.74, 6) is 0.710. The van der Waals surface area contributed by atoms with Gasteiger partial charge in [-0.05, 0) is 19.1 Å². The maximum absolute atomic E-state index is 12.1. The van der Waals surface area contributed by atoms with E-state index < -0.39 is 5.92 Å². The minimum atomic E-state index is -0.397. The lowest BCUT2D eigenvalue weighted by Gasteiger charge is -2.13. The van der Waals surface area contributed by atoms with Crippen LogP contribution in [0.3, 0.4) is 0 Å². The molecule has 19 heavy (non-hydrogen) atoms. The largest absolute Gasteiger partial charge is 0.496 e. The smallest absolute Gasteiger partial charge is 0.323 e. The number of rotatable bonds is 2. The van der Waals surface area contributed by atoms with Crippen molar-refractivity contribution >= 4 is 5.97 Å². The maximum atomic E-state index is 12.1. The molecule has 2 aromatic rings. The molecule has 0 radical (unpaired) electrons. The number of benzene rings is 2. The summed E-state index contributed by atoms with van der Waals surface area (Å²) in [7, 11) is 1.61. The molecule has 0 fully saturated rings. The zero-order valence-electron chi connectivity index (χ0n) is 10.8. The van der Waals surface area contributed by atoms with E-state index >= 15 is 0 Å². The van der Waals surface area contributed by atoms with Gasteiger partial charge in [-0.1, -0.05) is 35.9 Å². The molecular weight excluding hydrogens is 240 g/mol. The molecule has 3 heteroatoms. The molecule has 0 spiro atoms. The minimum Gasteiger partial charge on any atom is -0.496 e. The van der Waals surface area contributed by atoms with Crippen LogP contribution in [0.2, 0.25) is 0 Å². The number of hydrogen-bond acceptors (Lipinski definition) is 3. The maximum Gasteiger partial charge on any atom is 0.323 e. The van der Waals surface area contributed by atoms with Gasteiger partial charge in [0.15, 0.2) is 0 Å². The molecule has 3 nitrogen and oxygen atoms in total. The van der Waals surface area contributed by atoms with Gasteiger partial charge in [0.05, 0.1) is 7.11 Å². The number of hydrogen-bond donors (Lipinski definition) is 0. The summed E-state index contributed by atoms with van der Waals surface area (Å²) in [5.41, 5.74) is 2.85. The van der Waals surface area contributed by atoms with Crippen molar-refractivity contribution in [3.05, 3.63) is 59.2 Å². The predicted octanol–water partition coefficient (Wildman–Crippen LogP) is 3.05. The average molecular weight is 254 g/mol. The summed E-state index contributed by atoms with van der Waals surface area (Å²) >= 11 is 0. The lowest BCUT2D eigenvalue weighted by Crippen LogP contribution is -2.12. The first kappa shape index (κ1) is 11.8. The molecule has 0 N–H and O–H groups in total. The molecule has 1 heterocycles. The van der Waals surface area contributed by atoms with E-state index in [0.717, 1.165) is 16.7 Å². The third-order valence-electron chi connectivity index (χ3n) is 3.37. The number of carbonyl (C=O) groups is 1. The first-order chi connectivity index (χ1) is 9.20. The van der Waals surface area contributed by atoms with Crippen LogP contribution in [-0.4, -0.2) is 13.1 Å². The fourth-order valence-electron chi connectivity index (χ4n) is 2.48. The van der Waals surface area contributed by atoms with E-state index in [1.54, 1.807) is 7.11 Å². The van der Waals surface area contributed by atoms with Crippen molar-refractivity contribution in [3.8, 4) is 11.5 Å². The summed E-state index contributed by atoms with van der Waals surface area (Å²) in [6.07, 6.45) is 0. The SMILES string of the molecule is COc1ccc(C)cc1[C@H]1C(=O)Oc2ccccc21. The van der Waals surface area contributed by atoms with Crippen LogP contribution in [-0.2, 0) is 4.79 Å². The van der Waals surface area contributed by atoms with Crippen LogP contribution in [0.1, 0.15) is 22.6 Å². The Morgan fingerprint density at radius 2 is 1.89 bits per heavy atom. The summed E-state index contributed by atoms with van der Waals surface area (Å²) in [5, 5.41) is 0. The molecule has 1 atom stereocenters. The Bertz CT molecular complexity index is 646. The normalized spacial score (nSPS) is 16.9. The van der Waals surface area contributed by atoms with E-state index in [4.69, 9.17) is 9.47 Å². The molecule has 0 aliphatic carbocycles. The van der Waals surface area contributed by atoms with Gasteiger partial charge in [-0.2, -0.15) is 0 Å². The summed E-state index contributed by atoms with van der Waals surface area (Å²) in [6, 6.07) is 13.3. The highest BCUT2D eigenvalue weighted by molar-refractivity contribution is 5.90. The monoisotopic (exact) mass is 254 g/mol. The first-order valence-corrected chi connectivity index (χ1v) is 6.16. The lowest BCUT2D eigenvalue weighted by molar-refractivity contribution is -0.133. The number of ether oxygens (including phenoxy) is 2. The minimum absolute atomic E-state index is 0.245. The zero-order valence-corrected chi connectivity index (χ0v) is 10.8. The second-order valence-electron chi connectivity index (χ2n) is 4.64. The highest BCUT2D eigenvalue weighted by Gasteiger charge is 2.35. The second kappa shape index (κ2) is 4.43. The fraction of sp³-hybridized carbons (Fsp3) is 0.188. The Morgan fingerprint density at radius 1 is 1.11 bits per heavy atom. The summed E-state index contributed by atoms with van der Waals surface area (Å²) in [4.78, 5) is 12.1. The molecular formula is C16H14O3. The zero-order chi connectivity index (χ0) is 13.4. The molecule has 3 rings (SSSR count). The standard InChI is InChI=1S/C16H14O3/c1-10-7-8-13(18-2)12(9-10)15-11-5-3-4-6-14(11)19-16(15)17/h3-9,15H,1-2H3/t15-/m0/s1. The molecule has 0 saturated carbocycles. The van der Waals surface area contributed by atoms with E-state index in [2.05, 4.69) is 0 Å². The lowest BCUT2D eigenvalue weighted by atomic mass is 9.91. The van der Waals surface area contributed by atoms with Crippen LogP contribution < -0.4 is 9.47 Å². The van der Waals surface area contributed by atoms with Gasteiger partial charge in [-0.3, -0.25) is 4.79 Å². The number of methoxy groups -OCH3 is 1. The summed E-state index contributed by atoms with van der Waals surface area (Å²) < 4.78 is 10.7. The topological polar surface area (TPSA) is 35.5 Å². The third kappa shape index (κ3) is 1.87. The van der Waals surface area contributed by atoms with Crippen molar-refractivity contribution in [1.29, 1.82) is 0 Å². The van der Waals surface area contributed by atoms with E-state index in [0.29, 0.717) is 11.5 Å². The first-order valence-electron chi connectivity index (χ1n) is 6.16. The van der Waals surface area contributed by atoms with Crippen LogP contribution in [0, 0.1) is 6.92 Å². The van der Waals surface area contributed by atoms with Crippen molar-refractivity contribution in [2.24, 2.45) is 0 Å². The van der Waals surface area contributed by atoms with Crippen LogP contribution in [0.5, 0.6) is 11.5 Å². The van der Waals surface area contributed by atoms with Gasteiger partial charge in [-0.25, -0.2) is 0 Å². The molecule has 1 aliphatic rings. The molecule has 96 valence electrons. The van der Waals surface area contributed by atoms with Gasteiger partial charge < -0.3 is 9.47 Å². The Morgan fingerprint density at radius 3 is 2.68 bits per heavy atom. The molecule has 0 saturated heterocycles. The third-order valence-corrected chi connectivity index (χ3v) is 3.37. The Hall–Kier alpha value is -2.29. The van der Waals surface area contributed by atoms with E-state index in [-0.39, 0.29) is 5.97 Å². The van der Waals surface area contributed by atoms with Gasteiger partial charge in [0.1, 0.15) is 17.4 Å². The molecule has 0 bridgehead atoms. The van der Waals surface area contributed by atoms with Crippen molar-refractivity contribution in [2.75, 3.05) is 7.11 Å². The summed E-state index contributed by atoms with van der Waals surface area (Å²) in [6.45, 7) is 2.00. The molecule has 2 aromatic carbocycles. The van der Waals surface area contributed by atoms with Crippen molar-refractivity contribution in [2.45, 2.75) is 12.8 Å². The Kier molecular flexibility index (Phi) is 2.75. The number of aryl methyl sites for hydroxylation is 1. The Balaban J connectivity index is 2.17. The average Bonchev–Trinajstić information content (AvgIpc) is 2.74. The quantitative estimate of drug-likeness (QED) is 0.610. The number of esters is 1.